The molecule has 0 spiro atoms. The summed E-state index contributed by atoms with van der Waals surface area (Å²) in [4.78, 5) is 0.0803. The summed E-state index contributed by atoms with van der Waals surface area (Å²) in [6, 6.07) is 4.83. The fourth-order valence-electron chi connectivity index (χ4n) is 1.93. The normalized spacial score (nSPS) is 15.1. The van der Waals surface area contributed by atoms with Gasteiger partial charge in [-0.25, -0.2) is 12.7 Å². The highest BCUT2D eigenvalue weighted by Crippen LogP contribution is 2.28. The van der Waals surface area contributed by atoms with Gasteiger partial charge in [0.15, 0.2) is 0 Å². The Morgan fingerprint density at radius 2 is 1.95 bits per heavy atom. The highest BCUT2D eigenvalue weighted by Gasteiger charge is 2.22. The average Bonchev–Trinajstić information content (AvgIpc) is 2.30. The molecular formula is C13H23N3O3S. The van der Waals surface area contributed by atoms with Crippen LogP contribution >= 0.6 is 0 Å². The van der Waals surface area contributed by atoms with E-state index in [1.54, 1.807) is 19.1 Å². The fourth-order valence-corrected chi connectivity index (χ4v) is 2.96. The van der Waals surface area contributed by atoms with Crippen LogP contribution in [0.3, 0.4) is 0 Å². The monoisotopic (exact) mass is 301 g/mol. The first-order valence-electron chi connectivity index (χ1n) is 6.42. The van der Waals surface area contributed by atoms with Crippen LogP contribution in [0.15, 0.2) is 23.1 Å². The summed E-state index contributed by atoms with van der Waals surface area (Å²) < 4.78 is 25.4. The third kappa shape index (κ3) is 3.84. The molecular weight excluding hydrogens is 278 g/mol. The van der Waals surface area contributed by atoms with Crippen molar-refractivity contribution >= 4 is 21.4 Å². The van der Waals surface area contributed by atoms with Crippen molar-refractivity contribution in [3.8, 4) is 0 Å². The van der Waals surface area contributed by atoms with E-state index in [9.17, 15) is 13.5 Å². The molecule has 0 aromatic heterocycles. The summed E-state index contributed by atoms with van der Waals surface area (Å²) in [6.45, 7) is 3.60. The Balaban J connectivity index is 3.08. The second kappa shape index (κ2) is 6.43. The number of nitrogens with zero attached hydrogens (tertiary/aromatic N) is 1. The molecule has 2 atom stereocenters. The number of nitrogens with one attached hydrogen (secondary N) is 1. The molecule has 1 rings (SSSR count). The summed E-state index contributed by atoms with van der Waals surface area (Å²) in [6.07, 6.45) is 0.108. The Hall–Kier alpha value is -1.31. The first-order chi connectivity index (χ1) is 9.16. The van der Waals surface area contributed by atoms with Gasteiger partial charge in [0.2, 0.25) is 10.0 Å². The molecule has 20 heavy (non-hydrogen) atoms. The van der Waals surface area contributed by atoms with E-state index < -0.39 is 16.1 Å². The fraction of sp³-hybridized carbons (Fsp3) is 0.538. The van der Waals surface area contributed by atoms with Gasteiger partial charge >= 0.3 is 0 Å². The van der Waals surface area contributed by atoms with Crippen LogP contribution in [-0.4, -0.2) is 44.1 Å². The lowest BCUT2D eigenvalue weighted by Gasteiger charge is -2.20. The highest BCUT2D eigenvalue weighted by atomic mass is 32.2. The quantitative estimate of drug-likeness (QED) is 0.684. The minimum absolute atomic E-state index is 0.0189. The van der Waals surface area contributed by atoms with Crippen LogP contribution in [0.25, 0.3) is 0 Å². The molecule has 114 valence electrons. The number of hydrogen-bond donors (Lipinski definition) is 3. The molecule has 7 heteroatoms. The summed E-state index contributed by atoms with van der Waals surface area (Å²) in [5.41, 5.74) is 6.71. The van der Waals surface area contributed by atoms with Gasteiger partial charge in [0, 0.05) is 20.1 Å². The first kappa shape index (κ1) is 16.7. The lowest BCUT2D eigenvalue weighted by Crippen LogP contribution is -2.25. The number of anilines is 2. The van der Waals surface area contributed by atoms with Gasteiger partial charge in [0.25, 0.3) is 0 Å². The molecule has 6 nitrogen and oxygen atoms in total. The van der Waals surface area contributed by atoms with Gasteiger partial charge in [0.1, 0.15) is 4.90 Å². The Kier molecular flexibility index (Phi) is 5.38. The van der Waals surface area contributed by atoms with Crippen LogP contribution in [-0.2, 0) is 10.0 Å². The molecule has 0 fully saturated rings. The number of benzene rings is 1. The predicted octanol–water partition coefficient (Wildman–Crippen LogP) is 1.09. The van der Waals surface area contributed by atoms with Gasteiger partial charge in [-0.1, -0.05) is 6.07 Å². The Morgan fingerprint density at radius 1 is 1.35 bits per heavy atom. The number of hydrogen-bond acceptors (Lipinski definition) is 5. The lowest BCUT2D eigenvalue weighted by atomic mass is 10.1. The topological polar surface area (TPSA) is 95.7 Å². The van der Waals surface area contributed by atoms with Crippen LogP contribution in [0.4, 0.5) is 11.4 Å². The van der Waals surface area contributed by atoms with E-state index in [0.717, 1.165) is 4.31 Å². The van der Waals surface area contributed by atoms with Crippen LogP contribution in [0, 0.1) is 0 Å². The number of aliphatic hydroxyl groups is 1. The smallest absolute Gasteiger partial charge is 0.244 e. The molecule has 1 aromatic carbocycles. The van der Waals surface area contributed by atoms with Gasteiger partial charge in [-0.3, -0.25) is 0 Å². The van der Waals surface area contributed by atoms with E-state index in [4.69, 9.17) is 5.73 Å². The maximum atomic E-state index is 12.1. The maximum Gasteiger partial charge on any atom is 0.244 e. The lowest BCUT2D eigenvalue weighted by molar-refractivity contribution is 0.179. The van der Waals surface area contributed by atoms with Crippen molar-refractivity contribution in [2.75, 3.05) is 25.1 Å². The van der Waals surface area contributed by atoms with Crippen molar-refractivity contribution in [1.29, 1.82) is 0 Å². The Morgan fingerprint density at radius 3 is 2.45 bits per heavy atom. The number of sulfonamides is 1. The third-order valence-electron chi connectivity index (χ3n) is 2.92. The summed E-state index contributed by atoms with van der Waals surface area (Å²) >= 11 is 0. The maximum absolute atomic E-state index is 12.1. The summed E-state index contributed by atoms with van der Waals surface area (Å²) in [5.74, 6) is 0. The van der Waals surface area contributed by atoms with Gasteiger partial charge in [0.05, 0.1) is 17.5 Å². The van der Waals surface area contributed by atoms with Crippen molar-refractivity contribution in [3.63, 3.8) is 0 Å². The van der Waals surface area contributed by atoms with E-state index in [0.29, 0.717) is 12.1 Å². The number of nitrogens with two attached hydrogens (primary N) is 1. The molecule has 0 heterocycles. The van der Waals surface area contributed by atoms with Gasteiger partial charge in [-0.05, 0) is 32.4 Å². The minimum Gasteiger partial charge on any atom is -0.396 e. The second-order valence-electron chi connectivity index (χ2n) is 5.13. The van der Waals surface area contributed by atoms with E-state index in [1.165, 1.54) is 20.2 Å². The first-order valence-corrected chi connectivity index (χ1v) is 7.86. The van der Waals surface area contributed by atoms with Crippen molar-refractivity contribution < 1.29 is 13.5 Å². The molecule has 4 N–H and O–H groups in total. The Bertz CT molecular complexity index is 556. The van der Waals surface area contributed by atoms with Crippen molar-refractivity contribution in [2.24, 2.45) is 0 Å². The molecule has 0 aliphatic carbocycles. The molecule has 0 aliphatic heterocycles. The number of para-hydroxylation sites is 1. The van der Waals surface area contributed by atoms with Gasteiger partial charge in [-0.2, -0.15) is 0 Å². The van der Waals surface area contributed by atoms with Crippen LogP contribution < -0.4 is 11.1 Å². The summed E-state index contributed by atoms with van der Waals surface area (Å²) in [7, 11) is -0.643. The molecule has 2 unspecified atom stereocenters. The molecule has 1 aromatic rings. The Labute approximate surface area is 120 Å². The number of rotatable bonds is 6. The van der Waals surface area contributed by atoms with Crippen LogP contribution in [0.1, 0.15) is 20.3 Å². The van der Waals surface area contributed by atoms with E-state index in [2.05, 4.69) is 5.32 Å². The van der Waals surface area contributed by atoms with Crippen molar-refractivity contribution in [2.45, 2.75) is 37.3 Å². The molecule has 0 saturated heterocycles. The standard InChI is InChI=1S/C13H23N3O3S/c1-9(8-10(2)17)15-11-6-5-7-12(13(11)14)20(18,19)16(3)4/h5-7,9-10,15,17H,8,14H2,1-4H3. The van der Waals surface area contributed by atoms with E-state index >= 15 is 0 Å². The SMILES string of the molecule is CC(O)CC(C)Nc1cccc(S(=O)(=O)N(C)C)c1N. The van der Waals surface area contributed by atoms with Gasteiger partial charge in [-0.15, -0.1) is 0 Å². The predicted molar refractivity (Wildman–Crippen MR) is 81.1 cm³/mol. The second-order valence-corrected chi connectivity index (χ2v) is 7.26. The molecule has 0 radical (unpaired) electrons. The molecule has 0 amide bonds. The minimum atomic E-state index is -3.57. The zero-order valence-electron chi connectivity index (χ0n) is 12.3. The zero-order chi connectivity index (χ0) is 15.5. The number of aliphatic hydroxyl groups excluding tert-OH is 1. The van der Waals surface area contributed by atoms with E-state index in [-0.39, 0.29) is 16.6 Å². The molecule has 0 aliphatic rings. The van der Waals surface area contributed by atoms with Crippen LogP contribution in [0.2, 0.25) is 0 Å². The molecule has 0 bridgehead atoms. The largest absolute Gasteiger partial charge is 0.396 e. The van der Waals surface area contributed by atoms with Crippen molar-refractivity contribution in [3.05, 3.63) is 18.2 Å². The van der Waals surface area contributed by atoms with E-state index in [1.807, 2.05) is 6.92 Å². The highest BCUT2D eigenvalue weighted by molar-refractivity contribution is 7.89. The van der Waals surface area contributed by atoms with Crippen molar-refractivity contribution in [1.82, 2.24) is 4.31 Å². The third-order valence-corrected chi connectivity index (χ3v) is 4.79. The zero-order valence-corrected chi connectivity index (χ0v) is 13.1. The summed E-state index contributed by atoms with van der Waals surface area (Å²) in [5, 5.41) is 12.5. The molecule has 0 saturated carbocycles. The van der Waals surface area contributed by atoms with Crippen LogP contribution in [0.5, 0.6) is 0 Å². The average molecular weight is 301 g/mol. The number of nitrogen functional groups attached to an aromatic ring is 1. The van der Waals surface area contributed by atoms with Gasteiger partial charge < -0.3 is 16.2 Å².